The lowest BCUT2D eigenvalue weighted by Crippen LogP contribution is -2.20. The zero-order chi connectivity index (χ0) is 21.2. The van der Waals surface area contributed by atoms with E-state index in [1.54, 1.807) is 7.11 Å². The molecule has 0 atom stereocenters. The van der Waals surface area contributed by atoms with Gasteiger partial charge in [-0.3, -0.25) is 0 Å². The van der Waals surface area contributed by atoms with E-state index in [4.69, 9.17) is 14.6 Å². The van der Waals surface area contributed by atoms with Crippen molar-refractivity contribution in [1.29, 1.82) is 0 Å². The van der Waals surface area contributed by atoms with E-state index in [-0.39, 0.29) is 6.61 Å². The summed E-state index contributed by atoms with van der Waals surface area (Å²) in [6, 6.07) is 11.9. The van der Waals surface area contributed by atoms with Crippen LogP contribution in [0.3, 0.4) is 0 Å². The Bertz CT molecular complexity index is 974. The molecule has 0 fully saturated rings. The molecule has 0 saturated carbocycles. The van der Waals surface area contributed by atoms with Gasteiger partial charge in [0.05, 0.1) is 25.8 Å². The van der Waals surface area contributed by atoms with Crippen molar-refractivity contribution in [2.75, 3.05) is 38.7 Å². The van der Waals surface area contributed by atoms with Crippen LogP contribution in [0.25, 0.3) is 17.0 Å². The first-order valence-electron chi connectivity index (χ1n) is 10.0. The van der Waals surface area contributed by atoms with Gasteiger partial charge in [-0.2, -0.15) is 0 Å². The Morgan fingerprint density at radius 3 is 2.63 bits per heavy atom. The molecule has 0 amide bonds. The Labute approximate surface area is 176 Å². The number of fused-ring (bicyclic) bond motifs is 1. The molecule has 1 heterocycles. The predicted octanol–water partition coefficient (Wildman–Crippen LogP) is 3.77. The van der Waals surface area contributed by atoms with Crippen LogP contribution in [0.5, 0.6) is 11.5 Å². The molecule has 3 N–H and O–H groups in total. The summed E-state index contributed by atoms with van der Waals surface area (Å²) in [6.45, 7) is 4.03. The van der Waals surface area contributed by atoms with E-state index in [9.17, 15) is 0 Å². The second kappa shape index (κ2) is 11.1. The zero-order valence-corrected chi connectivity index (χ0v) is 17.4. The van der Waals surface area contributed by atoms with Crippen LogP contribution in [0, 0.1) is 0 Å². The van der Waals surface area contributed by atoms with Crippen LogP contribution in [-0.4, -0.2) is 48.5 Å². The Morgan fingerprint density at radius 1 is 1.07 bits per heavy atom. The van der Waals surface area contributed by atoms with Crippen LogP contribution in [-0.2, 0) is 0 Å². The van der Waals surface area contributed by atoms with Gasteiger partial charge in [-0.05, 0) is 43.7 Å². The Hall–Kier alpha value is -3.16. The van der Waals surface area contributed by atoms with Crippen molar-refractivity contribution < 1.29 is 14.6 Å². The second-order valence-corrected chi connectivity index (χ2v) is 6.67. The molecule has 7 nitrogen and oxygen atoms in total. The van der Waals surface area contributed by atoms with E-state index in [2.05, 4.69) is 26.7 Å². The van der Waals surface area contributed by atoms with Gasteiger partial charge in [-0.15, -0.1) is 0 Å². The van der Waals surface area contributed by atoms with Gasteiger partial charge in [0.2, 0.25) is 0 Å². The van der Waals surface area contributed by atoms with E-state index in [0.29, 0.717) is 30.5 Å². The van der Waals surface area contributed by atoms with Crippen LogP contribution >= 0.6 is 0 Å². The number of rotatable bonds is 11. The summed E-state index contributed by atoms with van der Waals surface area (Å²) in [7, 11) is 1.62. The normalized spacial score (nSPS) is 11.2. The highest BCUT2D eigenvalue weighted by atomic mass is 16.5. The molecule has 30 heavy (non-hydrogen) atoms. The minimum atomic E-state index is 0.134. The van der Waals surface area contributed by atoms with Crippen LogP contribution in [0.2, 0.25) is 0 Å². The van der Waals surface area contributed by atoms with E-state index >= 15 is 0 Å². The number of nitrogens with one attached hydrogen (secondary N) is 2. The fourth-order valence-electron chi connectivity index (χ4n) is 3.03. The van der Waals surface area contributed by atoms with Gasteiger partial charge in [-0.1, -0.05) is 24.3 Å². The molecule has 2 aromatic carbocycles. The summed E-state index contributed by atoms with van der Waals surface area (Å²) in [4.78, 5) is 8.80. The van der Waals surface area contributed by atoms with Gasteiger partial charge in [0.25, 0.3) is 0 Å². The highest BCUT2D eigenvalue weighted by molar-refractivity contribution is 5.93. The number of aliphatic hydroxyl groups is 1. The third-order valence-electron chi connectivity index (χ3n) is 4.50. The molecule has 0 radical (unpaired) electrons. The lowest BCUT2D eigenvalue weighted by Gasteiger charge is -2.14. The minimum Gasteiger partial charge on any atom is -0.493 e. The number of aliphatic hydroxyl groups excluding tert-OH is 1. The number of nitrogens with zero attached hydrogens (tertiary/aromatic N) is 2. The van der Waals surface area contributed by atoms with Crippen molar-refractivity contribution in [3.63, 3.8) is 0 Å². The van der Waals surface area contributed by atoms with Crippen molar-refractivity contribution in [2.45, 2.75) is 13.3 Å². The van der Waals surface area contributed by atoms with Crippen LogP contribution < -0.4 is 20.1 Å². The van der Waals surface area contributed by atoms with Crippen molar-refractivity contribution in [2.24, 2.45) is 0 Å². The van der Waals surface area contributed by atoms with Crippen LogP contribution in [0.4, 0.5) is 11.5 Å². The zero-order valence-electron chi connectivity index (χ0n) is 17.4. The molecule has 1 aromatic heterocycles. The van der Waals surface area contributed by atoms with Crippen molar-refractivity contribution in [3.8, 4) is 11.5 Å². The highest BCUT2D eigenvalue weighted by Crippen LogP contribution is 2.34. The maximum absolute atomic E-state index is 8.79. The number of methoxy groups -OCH3 is 1. The number of hydrogen-bond acceptors (Lipinski definition) is 7. The number of ether oxygens (including phenoxy) is 2. The topological polar surface area (TPSA) is 88.5 Å². The molecule has 0 aliphatic rings. The molecule has 3 aromatic rings. The number of benzene rings is 2. The molecule has 0 aliphatic heterocycles. The van der Waals surface area contributed by atoms with Crippen molar-refractivity contribution in [3.05, 3.63) is 54.4 Å². The molecule has 0 aliphatic carbocycles. The van der Waals surface area contributed by atoms with Gasteiger partial charge < -0.3 is 25.2 Å². The predicted molar refractivity (Wildman–Crippen MR) is 121 cm³/mol. The summed E-state index contributed by atoms with van der Waals surface area (Å²) in [5, 5.41) is 16.1. The number of aromatic nitrogens is 2. The average molecular weight is 409 g/mol. The number of allylic oxidation sites excluding steroid dienone is 1. The molecule has 0 saturated heterocycles. The monoisotopic (exact) mass is 408 g/mol. The van der Waals surface area contributed by atoms with E-state index in [1.807, 2.05) is 49.4 Å². The lowest BCUT2D eigenvalue weighted by atomic mass is 10.1. The first-order valence-corrected chi connectivity index (χ1v) is 10.0. The Kier molecular flexibility index (Phi) is 8.00. The minimum absolute atomic E-state index is 0.134. The molecule has 158 valence electrons. The van der Waals surface area contributed by atoms with Crippen molar-refractivity contribution in [1.82, 2.24) is 15.3 Å². The second-order valence-electron chi connectivity index (χ2n) is 6.67. The number of anilines is 2. The standard InChI is InChI=1S/C23H28N4O3/c1-3-5-17-6-8-18(9-7-17)27-23-19-14-21(29-2)22(15-20(19)25-16-26-23)30-13-4-10-24-11-12-28/h3,5-9,14-16,24,28H,4,10-13H2,1-2H3,(H,25,26,27)/b5-3+. The Morgan fingerprint density at radius 2 is 1.90 bits per heavy atom. The third-order valence-corrected chi connectivity index (χ3v) is 4.50. The molecular formula is C23H28N4O3. The first kappa shape index (κ1) is 21.5. The summed E-state index contributed by atoms with van der Waals surface area (Å²) in [6.07, 6.45) is 6.42. The van der Waals surface area contributed by atoms with Gasteiger partial charge in [-0.25, -0.2) is 9.97 Å². The number of hydrogen-bond donors (Lipinski definition) is 3. The lowest BCUT2D eigenvalue weighted by molar-refractivity contribution is 0.275. The average Bonchev–Trinajstić information content (AvgIpc) is 2.77. The Balaban J connectivity index is 1.77. The fraction of sp³-hybridized carbons (Fsp3) is 0.304. The molecule has 0 bridgehead atoms. The summed E-state index contributed by atoms with van der Waals surface area (Å²) in [5.74, 6) is 1.98. The maximum atomic E-state index is 8.79. The highest BCUT2D eigenvalue weighted by Gasteiger charge is 2.12. The SMILES string of the molecule is C/C=C/c1ccc(Nc2ncnc3cc(OCCCNCCO)c(OC)cc23)cc1. The molecule has 3 rings (SSSR count). The fourth-order valence-corrected chi connectivity index (χ4v) is 3.03. The van der Waals surface area contributed by atoms with Gasteiger partial charge in [0.1, 0.15) is 12.1 Å². The smallest absolute Gasteiger partial charge is 0.163 e. The van der Waals surface area contributed by atoms with Gasteiger partial charge in [0, 0.05) is 23.7 Å². The molecule has 7 heteroatoms. The molecular weight excluding hydrogens is 380 g/mol. The summed E-state index contributed by atoms with van der Waals surface area (Å²) < 4.78 is 11.4. The van der Waals surface area contributed by atoms with Crippen LogP contribution in [0.1, 0.15) is 18.9 Å². The third kappa shape index (κ3) is 5.68. The first-order chi connectivity index (χ1) is 14.7. The molecule has 0 unspecified atom stereocenters. The van der Waals surface area contributed by atoms with E-state index in [0.717, 1.165) is 35.1 Å². The van der Waals surface area contributed by atoms with Crippen molar-refractivity contribution >= 4 is 28.5 Å². The van der Waals surface area contributed by atoms with Crippen LogP contribution in [0.15, 0.2) is 48.8 Å². The van der Waals surface area contributed by atoms with Gasteiger partial charge >= 0.3 is 0 Å². The maximum Gasteiger partial charge on any atom is 0.163 e. The molecule has 0 spiro atoms. The van der Waals surface area contributed by atoms with E-state index in [1.165, 1.54) is 6.33 Å². The summed E-state index contributed by atoms with van der Waals surface area (Å²) in [5.41, 5.74) is 2.86. The quantitative estimate of drug-likeness (QED) is 0.416. The van der Waals surface area contributed by atoms with E-state index < -0.39 is 0 Å². The summed E-state index contributed by atoms with van der Waals surface area (Å²) >= 11 is 0. The van der Waals surface area contributed by atoms with Gasteiger partial charge in [0.15, 0.2) is 11.5 Å². The largest absolute Gasteiger partial charge is 0.493 e.